The molecule has 3 N–H and O–H groups in total. The molecule has 0 radical (unpaired) electrons. The van der Waals surface area contributed by atoms with E-state index in [-0.39, 0.29) is 43.2 Å². The Kier molecular flexibility index (Phi) is 8.53. The first-order valence-corrected chi connectivity index (χ1v) is 11.7. The zero-order valence-electron chi connectivity index (χ0n) is 19.6. The predicted octanol–water partition coefficient (Wildman–Crippen LogP) is 2.45. The summed E-state index contributed by atoms with van der Waals surface area (Å²) in [5, 5.41) is 25.5. The van der Waals surface area contributed by atoms with Crippen LogP contribution in [0.15, 0.2) is 48.4 Å². The molecule has 12 nitrogen and oxygen atoms in total. The van der Waals surface area contributed by atoms with Crippen molar-refractivity contribution in [3.63, 3.8) is 0 Å². The molecule has 0 saturated heterocycles. The Labute approximate surface area is 207 Å². The zero-order chi connectivity index (χ0) is 25.3. The van der Waals surface area contributed by atoms with Gasteiger partial charge in [-0.1, -0.05) is 6.07 Å². The number of nitro groups is 1. The number of hydrogen-bond donors (Lipinski definition) is 3. The number of nitrogens with zero attached hydrogens (tertiary/aromatic N) is 2. The van der Waals surface area contributed by atoms with Crippen LogP contribution < -0.4 is 20.1 Å². The SMILES string of the molecule is O=C(NCCNc1ccc([N+](=O)[O-])cn1)C1=C[C@H](c2ccc3c(c2)OCO3)C[C@H](OCCCCO)O1. The van der Waals surface area contributed by atoms with Gasteiger partial charge < -0.3 is 34.7 Å². The maximum atomic E-state index is 12.9. The number of aliphatic hydroxyl groups excluding tert-OH is 1. The van der Waals surface area contributed by atoms with Crippen LogP contribution in [0, 0.1) is 10.1 Å². The smallest absolute Gasteiger partial charge is 0.287 e. The molecular formula is C24H28N4O8. The van der Waals surface area contributed by atoms with Crippen LogP contribution in [0.4, 0.5) is 11.5 Å². The molecule has 0 unspecified atom stereocenters. The number of aromatic nitrogens is 1. The van der Waals surface area contributed by atoms with Gasteiger partial charge in [0.15, 0.2) is 17.3 Å². The lowest BCUT2D eigenvalue weighted by Gasteiger charge is -2.29. The van der Waals surface area contributed by atoms with Crippen LogP contribution in [0.25, 0.3) is 0 Å². The monoisotopic (exact) mass is 500 g/mol. The number of allylic oxidation sites excluding steroid dienone is 1. The Morgan fingerprint density at radius 1 is 1.19 bits per heavy atom. The molecule has 2 aromatic rings. The van der Waals surface area contributed by atoms with Gasteiger partial charge in [-0.3, -0.25) is 14.9 Å². The molecule has 2 aliphatic heterocycles. The summed E-state index contributed by atoms with van der Waals surface area (Å²) >= 11 is 0. The normalized spacial score (nSPS) is 18.2. The minimum Gasteiger partial charge on any atom is -0.459 e. The Balaban J connectivity index is 1.36. The number of aliphatic hydroxyl groups is 1. The Bertz CT molecular complexity index is 1090. The number of unbranched alkanes of at least 4 members (excludes halogenated alkanes) is 1. The number of anilines is 1. The van der Waals surface area contributed by atoms with E-state index < -0.39 is 11.2 Å². The number of carbonyl (C=O) groups is 1. The fourth-order valence-electron chi connectivity index (χ4n) is 3.78. The largest absolute Gasteiger partial charge is 0.459 e. The second-order valence-corrected chi connectivity index (χ2v) is 8.18. The van der Waals surface area contributed by atoms with Gasteiger partial charge in [0, 0.05) is 38.1 Å². The molecule has 2 atom stereocenters. The van der Waals surface area contributed by atoms with E-state index in [1.54, 1.807) is 6.08 Å². The second kappa shape index (κ2) is 12.2. The lowest BCUT2D eigenvalue weighted by atomic mass is 9.92. The molecule has 3 heterocycles. The van der Waals surface area contributed by atoms with E-state index in [2.05, 4.69) is 15.6 Å². The summed E-state index contributed by atoms with van der Waals surface area (Å²) in [6.45, 7) is 1.30. The molecule has 1 amide bonds. The second-order valence-electron chi connectivity index (χ2n) is 8.18. The minimum atomic E-state index is -0.618. The first-order valence-electron chi connectivity index (χ1n) is 11.7. The van der Waals surface area contributed by atoms with Crippen molar-refractivity contribution in [3.05, 3.63) is 64.0 Å². The van der Waals surface area contributed by atoms with Gasteiger partial charge >= 0.3 is 0 Å². The van der Waals surface area contributed by atoms with Crippen LogP contribution in [-0.2, 0) is 14.3 Å². The molecule has 36 heavy (non-hydrogen) atoms. The molecular weight excluding hydrogens is 472 g/mol. The van der Waals surface area contributed by atoms with E-state index in [0.717, 1.165) is 5.56 Å². The molecule has 1 aromatic heterocycles. The minimum absolute atomic E-state index is 0.0890. The van der Waals surface area contributed by atoms with E-state index in [0.29, 0.717) is 49.7 Å². The van der Waals surface area contributed by atoms with E-state index in [1.807, 2.05) is 18.2 Å². The highest BCUT2D eigenvalue weighted by Crippen LogP contribution is 2.38. The third-order valence-corrected chi connectivity index (χ3v) is 5.64. The molecule has 1 aromatic carbocycles. The van der Waals surface area contributed by atoms with Crippen molar-refractivity contribution in [2.24, 2.45) is 0 Å². The van der Waals surface area contributed by atoms with E-state index >= 15 is 0 Å². The highest BCUT2D eigenvalue weighted by molar-refractivity contribution is 5.91. The van der Waals surface area contributed by atoms with Crippen molar-refractivity contribution >= 4 is 17.4 Å². The highest BCUT2D eigenvalue weighted by Gasteiger charge is 2.29. The quantitative estimate of drug-likeness (QED) is 0.225. The molecule has 4 rings (SSSR count). The van der Waals surface area contributed by atoms with E-state index in [1.165, 1.54) is 18.3 Å². The fourth-order valence-corrected chi connectivity index (χ4v) is 3.78. The number of hydrogen-bond acceptors (Lipinski definition) is 10. The third-order valence-electron chi connectivity index (χ3n) is 5.64. The lowest BCUT2D eigenvalue weighted by Crippen LogP contribution is -2.35. The number of ether oxygens (including phenoxy) is 4. The fraction of sp³-hybridized carbons (Fsp3) is 0.417. The number of fused-ring (bicyclic) bond motifs is 1. The highest BCUT2D eigenvalue weighted by atomic mass is 16.7. The summed E-state index contributed by atoms with van der Waals surface area (Å²) in [5.41, 5.74) is 0.850. The molecule has 0 aliphatic carbocycles. The summed E-state index contributed by atoms with van der Waals surface area (Å²) < 4.78 is 22.6. The average Bonchev–Trinajstić information content (AvgIpc) is 3.37. The maximum Gasteiger partial charge on any atom is 0.287 e. The number of nitrogens with one attached hydrogen (secondary N) is 2. The van der Waals surface area contributed by atoms with E-state index in [9.17, 15) is 14.9 Å². The standard InChI is InChI=1S/C24H28N4O8/c29-9-1-2-10-33-23-13-17(16-3-5-19-20(11-16)35-15-34-19)12-21(36-23)24(30)26-8-7-25-22-6-4-18(14-27-22)28(31)32/h3-6,11-12,14,17,23,29H,1-2,7-10,13,15H2,(H,25,27)(H,26,30)/t17-,23+/m0/s1. The Hall–Kier alpha value is -3.90. The van der Waals surface area contributed by atoms with Gasteiger partial charge in [0.25, 0.3) is 11.6 Å². The van der Waals surface area contributed by atoms with Gasteiger partial charge in [-0.15, -0.1) is 0 Å². The van der Waals surface area contributed by atoms with Crippen molar-refractivity contribution in [2.45, 2.75) is 31.5 Å². The molecule has 2 aliphatic rings. The number of carbonyl (C=O) groups excluding carboxylic acids is 1. The molecule has 0 saturated carbocycles. The lowest BCUT2D eigenvalue weighted by molar-refractivity contribution is -0.385. The van der Waals surface area contributed by atoms with Gasteiger partial charge in [0.2, 0.25) is 13.1 Å². The number of benzene rings is 1. The van der Waals surface area contributed by atoms with Crippen molar-refractivity contribution in [1.29, 1.82) is 0 Å². The Morgan fingerprint density at radius 2 is 2.06 bits per heavy atom. The third kappa shape index (κ3) is 6.61. The topological polar surface area (TPSA) is 154 Å². The maximum absolute atomic E-state index is 12.9. The number of amides is 1. The van der Waals surface area contributed by atoms with Crippen molar-refractivity contribution < 1.29 is 33.8 Å². The van der Waals surface area contributed by atoms with Crippen LogP contribution in [0.2, 0.25) is 0 Å². The van der Waals surface area contributed by atoms with Gasteiger partial charge in [-0.2, -0.15) is 0 Å². The van der Waals surface area contributed by atoms with Crippen LogP contribution in [0.5, 0.6) is 11.5 Å². The first-order chi connectivity index (χ1) is 17.5. The van der Waals surface area contributed by atoms with Gasteiger partial charge in [-0.05, 0) is 42.7 Å². The van der Waals surface area contributed by atoms with Gasteiger partial charge in [0.1, 0.15) is 12.0 Å². The summed E-state index contributed by atoms with van der Waals surface area (Å²) in [7, 11) is 0. The summed E-state index contributed by atoms with van der Waals surface area (Å²) in [6.07, 6.45) is 4.14. The van der Waals surface area contributed by atoms with Gasteiger partial charge in [0.05, 0.1) is 11.5 Å². The van der Waals surface area contributed by atoms with E-state index in [4.69, 9.17) is 24.1 Å². The van der Waals surface area contributed by atoms with Crippen molar-refractivity contribution in [1.82, 2.24) is 10.3 Å². The molecule has 0 fully saturated rings. The first kappa shape index (κ1) is 25.2. The molecule has 12 heteroatoms. The van der Waals surface area contributed by atoms with Gasteiger partial charge in [-0.25, -0.2) is 4.98 Å². The average molecular weight is 501 g/mol. The molecule has 192 valence electrons. The molecule has 0 bridgehead atoms. The predicted molar refractivity (Wildman–Crippen MR) is 128 cm³/mol. The van der Waals surface area contributed by atoms with Crippen molar-refractivity contribution in [3.8, 4) is 11.5 Å². The van der Waals surface area contributed by atoms with Crippen LogP contribution >= 0.6 is 0 Å². The van der Waals surface area contributed by atoms with Crippen molar-refractivity contribution in [2.75, 3.05) is 38.4 Å². The van der Waals surface area contributed by atoms with Crippen LogP contribution in [-0.4, -0.2) is 60.3 Å². The zero-order valence-corrected chi connectivity index (χ0v) is 19.6. The number of rotatable bonds is 12. The van der Waals surface area contributed by atoms with Crippen LogP contribution in [0.1, 0.15) is 30.7 Å². The number of pyridine rings is 1. The van der Waals surface area contributed by atoms with Crippen LogP contribution in [0.3, 0.4) is 0 Å². The summed E-state index contributed by atoms with van der Waals surface area (Å²) in [5.74, 6) is 1.43. The summed E-state index contributed by atoms with van der Waals surface area (Å²) in [4.78, 5) is 27.0. The summed E-state index contributed by atoms with van der Waals surface area (Å²) in [6, 6.07) is 8.52. The Morgan fingerprint density at radius 3 is 2.83 bits per heavy atom. The molecule has 0 spiro atoms.